The van der Waals surface area contributed by atoms with Gasteiger partial charge >= 0.3 is 6.09 Å². The number of fused-ring (bicyclic) bond motifs is 1. The molecule has 1 unspecified atom stereocenters. The number of nitrogens with one attached hydrogen (secondary N) is 2. The number of hydrogen-bond acceptors (Lipinski definition) is 5. The Bertz CT molecular complexity index is 1500. The number of carbonyl (C=O) groups is 2. The van der Waals surface area contributed by atoms with Crippen LogP contribution in [0.25, 0.3) is 5.52 Å². The molecule has 0 saturated carbocycles. The molecule has 0 saturated heterocycles. The van der Waals surface area contributed by atoms with Gasteiger partial charge in [0.2, 0.25) is 5.88 Å². The normalized spacial score (nSPS) is 12.6. The van der Waals surface area contributed by atoms with E-state index >= 15 is 0 Å². The number of nitrogens with zero attached hydrogens (tertiary/aromatic N) is 2. The number of aryl methyl sites for hydroxylation is 2. The minimum atomic E-state index is -0.770. The van der Waals surface area contributed by atoms with E-state index in [1.165, 1.54) is 10.6 Å². The summed E-state index contributed by atoms with van der Waals surface area (Å²) in [5, 5.41) is 10.2. The summed E-state index contributed by atoms with van der Waals surface area (Å²) < 4.78 is 40.7. The highest BCUT2D eigenvalue weighted by Crippen LogP contribution is 2.25. The van der Waals surface area contributed by atoms with Gasteiger partial charge in [-0.2, -0.15) is 9.61 Å². The Balaban J connectivity index is 1.46. The number of amides is 2. The van der Waals surface area contributed by atoms with Crippen LogP contribution in [0.4, 0.5) is 13.6 Å². The summed E-state index contributed by atoms with van der Waals surface area (Å²) in [4.78, 5) is 25.8. The number of aromatic nitrogens is 2. The zero-order chi connectivity index (χ0) is 28.9. The van der Waals surface area contributed by atoms with E-state index in [1.807, 2.05) is 51.1 Å². The summed E-state index contributed by atoms with van der Waals surface area (Å²) in [6.07, 6.45) is -0.0520. The van der Waals surface area contributed by atoms with E-state index < -0.39 is 23.3 Å². The van der Waals surface area contributed by atoms with Gasteiger partial charge in [-0.25, -0.2) is 13.6 Å². The molecule has 8 nitrogen and oxygen atoms in total. The van der Waals surface area contributed by atoms with Crippen molar-refractivity contribution in [2.24, 2.45) is 0 Å². The predicted molar refractivity (Wildman–Crippen MR) is 146 cm³/mol. The fraction of sp³-hybridized carbons (Fsp3) is 0.300. The van der Waals surface area contributed by atoms with E-state index in [4.69, 9.17) is 9.47 Å². The molecule has 2 heterocycles. The smallest absolute Gasteiger partial charge is 0.407 e. The van der Waals surface area contributed by atoms with Crippen LogP contribution in [-0.4, -0.2) is 33.7 Å². The molecule has 1 atom stereocenters. The van der Waals surface area contributed by atoms with Gasteiger partial charge in [0, 0.05) is 12.6 Å². The van der Waals surface area contributed by atoms with Gasteiger partial charge in [0.05, 0.1) is 27.9 Å². The predicted octanol–water partition coefficient (Wildman–Crippen LogP) is 5.63. The highest BCUT2D eigenvalue weighted by atomic mass is 19.1. The maximum atomic E-state index is 14.1. The third kappa shape index (κ3) is 6.56. The Kier molecular flexibility index (Phi) is 8.67. The molecule has 4 aromatic rings. The number of hydrogen-bond donors (Lipinski definition) is 2. The fourth-order valence-corrected chi connectivity index (χ4v) is 4.19. The van der Waals surface area contributed by atoms with Crippen LogP contribution < -0.4 is 15.4 Å². The number of benzene rings is 2. The third-order valence-corrected chi connectivity index (χ3v) is 6.71. The molecule has 0 aliphatic heterocycles. The van der Waals surface area contributed by atoms with E-state index in [9.17, 15) is 18.4 Å². The lowest BCUT2D eigenvalue weighted by atomic mass is 9.99. The van der Waals surface area contributed by atoms with Crippen molar-refractivity contribution >= 4 is 17.5 Å². The first-order chi connectivity index (χ1) is 19.1. The van der Waals surface area contributed by atoms with Gasteiger partial charge < -0.3 is 20.1 Å². The average Bonchev–Trinajstić information content (AvgIpc) is 3.26. The molecule has 40 heavy (non-hydrogen) atoms. The van der Waals surface area contributed by atoms with Gasteiger partial charge in [0.25, 0.3) is 5.91 Å². The van der Waals surface area contributed by atoms with E-state index in [1.54, 1.807) is 19.1 Å². The molecule has 0 radical (unpaired) electrons. The molecule has 2 N–H and O–H groups in total. The average molecular weight is 551 g/mol. The van der Waals surface area contributed by atoms with Crippen molar-refractivity contribution in [1.29, 1.82) is 0 Å². The van der Waals surface area contributed by atoms with Crippen LogP contribution >= 0.6 is 0 Å². The maximum Gasteiger partial charge on any atom is 0.407 e. The first-order valence-electron chi connectivity index (χ1n) is 12.9. The van der Waals surface area contributed by atoms with Crippen LogP contribution in [0, 0.1) is 25.5 Å². The van der Waals surface area contributed by atoms with Crippen molar-refractivity contribution < 1.29 is 27.8 Å². The summed E-state index contributed by atoms with van der Waals surface area (Å²) in [6.45, 7) is 7.15. The first kappa shape index (κ1) is 28.5. The second-order valence-corrected chi connectivity index (χ2v) is 9.90. The molecule has 0 aliphatic rings. The Labute approximate surface area is 231 Å². The number of halogens is 2. The van der Waals surface area contributed by atoms with Gasteiger partial charge in [0.1, 0.15) is 24.8 Å². The number of pyridine rings is 1. The number of ether oxygens (including phenoxy) is 2. The van der Waals surface area contributed by atoms with Crippen molar-refractivity contribution in [3.63, 3.8) is 0 Å². The lowest BCUT2D eigenvalue weighted by molar-refractivity contribution is 0.0930. The summed E-state index contributed by atoms with van der Waals surface area (Å²) in [6, 6.07) is 16.4. The van der Waals surface area contributed by atoms with Crippen molar-refractivity contribution in [2.45, 2.75) is 52.9 Å². The molecule has 0 spiro atoms. The van der Waals surface area contributed by atoms with Crippen molar-refractivity contribution in [3.05, 3.63) is 100 Å². The van der Waals surface area contributed by atoms with Gasteiger partial charge in [-0.1, -0.05) is 43.3 Å². The van der Waals surface area contributed by atoms with E-state index in [0.717, 1.165) is 23.3 Å². The summed E-state index contributed by atoms with van der Waals surface area (Å²) in [5.74, 6) is -1.57. The summed E-state index contributed by atoms with van der Waals surface area (Å²) in [5.41, 5.74) is 1.92. The van der Waals surface area contributed by atoms with Gasteiger partial charge in [-0.05, 0) is 56.5 Å². The summed E-state index contributed by atoms with van der Waals surface area (Å²) in [7, 11) is 0. The molecule has 0 aliphatic carbocycles. The molecule has 0 fully saturated rings. The van der Waals surface area contributed by atoms with Gasteiger partial charge in [-0.15, -0.1) is 0 Å². The molecule has 2 aromatic heterocycles. The Hall–Kier alpha value is -4.47. The van der Waals surface area contributed by atoms with Crippen molar-refractivity contribution in [2.75, 3.05) is 6.54 Å². The zero-order valence-electron chi connectivity index (χ0n) is 22.9. The highest BCUT2D eigenvalue weighted by molar-refractivity contribution is 6.02. The third-order valence-electron chi connectivity index (χ3n) is 6.71. The van der Waals surface area contributed by atoms with Crippen LogP contribution in [0.1, 0.15) is 53.0 Å². The molecule has 4 rings (SSSR count). The molecule has 210 valence electrons. The highest BCUT2D eigenvalue weighted by Gasteiger charge is 2.28. The molecular weight excluding hydrogens is 518 g/mol. The maximum absolute atomic E-state index is 14.1. The second kappa shape index (κ2) is 12.1. The Morgan fingerprint density at radius 3 is 2.38 bits per heavy atom. The molecule has 0 bridgehead atoms. The minimum Gasteiger partial charge on any atom is -0.473 e. The quantitative estimate of drug-likeness (QED) is 0.267. The van der Waals surface area contributed by atoms with Crippen LogP contribution in [0.2, 0.25) is 0 Å². The first-order valence-corrected chi connectivity index (χ1v) is 12.9. The van der Waals surface area contributed by atoms with Crippen LogP contribution in [0.5, 0.6) is 5.88 Å². The largest absolute Gasteiger partial charge is 0.473 e. The molecular formula is C30H32F2N4O4. The topological polar surface area (TPSA) is 94.0 Å². The Morgan fingerprint density at radius 2 is 1.70 bits per heavy atom. The van der Waals surface area contributed by atoms with E-state index in [0.29, 0.717) is 23.2 Å². The minimum absolute atomic E-state index is 0.133. The molecule has 10 heteroatoms. The number of alkyl carbamates (subject to hydrolysis) is 1. The fourth-order valence-electron chi connectivity index (χ4n) is 4.19. The number of carbonyl (C=O) groups excluding carboxylic acids is 2. The van der Waals surface area contributed by atoms with Crippen molar-refractivity contribution in [1.82, 2.24) is 20.2 Å². The number of rotatable bonds is 10. The summed E-state index contributed by atoms with van der Waals surface area (Å²) >= 11 is 0. The van der Waals surface area contributed by atoms with Crippen LogP contribution in [0.15, 0.2) is 60.7 Å². The standard InChI is InChI=1S/C30H32F2N4O4/c1-5-30(4,34-29(38)40-16-21-10-7-6-8-11-21)18-33-28(37)27-20(3)35-36-25(27)14-19(2)15-26(36)39-17-22-23(31)12-9-13-24(22)32/h6-15H,5,16-18H2,1-4H3,(H,33,37)(H,34,38). The van der Waals surface area contributed by atoms with E-state index in [2.05, 4.69) is 15.7 Å². The second-order valence-electron chi connectivity index (χ2n) is 9.90. The Morgan fingerprint density at radius 1 is 1.00 bits per heavy atom. The lowest BCUT2D eigenvalue weighted by Gasteiger charge is -2.29. The molecule has 2 aromatic carbocycles. The van der Waals surface area contributed by atoms with Crippen LogP contribution in [-0.2, 0) is 18.0 Å². The molecule has 2 amide bonds. The van der Waals surface area contributed by atoms with Gasteiger partial charge in [0.15, 0.2) is 0 Å². The lowest BCUT2D eigenvalue weighted by Crippen LogP contribution is -2.53. The van der Waals surface area contributed by atoms with Gasteiger partial charge in [-0.3, -0.25) is 4.79 Å². The van der Waals surface area contributed by atoms with Crippen LogP contribution in [0.3, 0.4) is 0 Å². The zero-order valence-corrected chi connectivity index (χ0v) is 22.9. The monoisotopic (exact) mass is 550 g/mol. The van der Waals surface area contributed by atoms with Crippen molar-refractivity contribution in [3.8, 4) is 5.88 Å². The van der Waals surface area contributed by atoms with E-state index in [-0.39, 0.29) is 37.1 Å². The SMILES string of the molecule is CCC(C)(CNC(=O)c1c(C)nn2c(OCc3c(F)cccc3F)cc(C)cc12)NC(=O)OCc1ccccc1.